The third kappa shape index (κ3) is 2.55. The molecule has 0 bridgehead atoms. The van der Waals surface area contributed by atoms with Crippen LogP contribution in [0.15, 0.2) is 41.9 Å². The van der Waals surface area contributed by atoms with Crippen LogP contribution in [0.2, 0.25) is 0 Å². The molecule has 0 amide bonds. The van der Waals surface area contributed by atoms with E-state index in [0.717, 1.165) is 19.6 Å². The number of fused-ring (bicyclic) bond motifs is 1. The predicted molar refractivity (Wildman–Crippen MR) is 80.5 cm³/mol. The van der Waals surface area contributed by atoms with Gasteiger partial charge in [-0.3, -0.25) is 4.68 Å². The first kappa shape index (κ1) is 12.4. The van der Waals surface area contributed by atoms with E-state index in [2.05, 4.69) is 57.7 Å². The largest absolute Gasteiger partial charge is 0.311 e. The maximum Gasteiger partial charge on any atom is 0.0677 e. The van der Waals surface area contributed by atoms with Crippen molar-refractivity contribution in [2.24, 2.45) is 0 Å². The van der Waals surface area contributed by atoms with Crippen molar-refractivity contribution >= 4 is 21.4 Å². The summed E-state index contributed by atoms with van der Waals surface area (Å²) in [4.78, 5) is 0. The SMILES string of the molecule is CCNCc1ccnn1Cc1csc2ccccc12. The zero-order valence-electron chi connectivity index (χ0n) is 11.0. The van der Waals surface area contributed by atoms with Gasteiger partial charge >= 0.3 is 0 Å². The smallest absolute Gasteiger partial charge is 0.0677 e. The predicted octanol–water partition coefficient (Wildman–Crippen LogP) is 3.26. The third-order valence-electron chi connectivity index (χ3n) is 3.24. The molecule has 19 heavy (non-hydrogen) atoms. The number of nitrogens with one attached hydrogen (secondary N) is 1. The lowest BCUT2D eigenvalue weighted by atomic mass is 10.2. The summed E-state index contributed by atoms with van der Waals surface area (Å²) >= 11 is 1.80. The molecule has 0 radical (unpaired) electrons. The van der Waals surface area contributed by atoms with Gasteiger partial charge < -0.3 is 5.32 Å². The average Bonchev–Trinajstić information content (AvgIpc) is 3.05. The second-order valence-electron chi connectivity index (χ2n) is 4.52. The second-order valence-corrected chi connectivity index (χ2v) is 5.43. The molecule has 3 aromatic rings. The van der Waals surface area contributed by atoms with Crippen molar-refractivity contribution in [3.05, 3.63) is 53.2 Å². The Balaban J connectivity index is 1.87. The van der Waals surface area contributed by atoms with Crippen LogP contribution in [0.1, 0.15) is 18.2 Å². The minimum Gasteiger partial charge on any atom is -0.311 e. The number of hydrogen-bond donors (Lipinski definition) is 1. The van der Waals surface area contributed by atoms with E-state index in [-0.39, 0.29) is 0 Å². The first-order valence-corrected chi connectivity index (χ1v) is 7.43. The van der Waals surface area contributed by atoms with E-state index in [9.17, 15) is 0 Å². The van der Waals surface area contributed by atoms with Crippen LogP contribution >= 0.6 is 11.3 Å². The van der Waals surface area contributed by atoms with Gasteiger partial charge in [0.05, 0.1) is 12.2 Å². The van der Waals surface area contributed by atoms with Crippen LogP contribution in [0.3, 0.4) is 0 Å². The van der Waals surface area contributed by atoms with Gasteiger partial charge in [-0.2, -0.15) is 5.10 Å². The van der Waals surface area contributed by atoms with Crippen molar-refractivity contribution < 1.29 is 0 Å². The third-order valence-corrected chi connectivity index (χ3v) is 4.25. The number of nitrogens with zero attached hydrogens (tertiary/aromatic N) is 2. The van der Waals surface area contributed by atoms with Crippen molar-refractivity contribution in [3.8, 4) is 0 Å². The Morgan fingerprint density at radius 1 is 1.26 bits per heavy atom. The van der Waals surface area contributed by atoms with Crippen LogP contribution in [0, 0.1) is 0 Å². The number of benzene rings is 1. The highest BCUT2D eigenvalue weighted by molar-refractivity contribution is 7.17. The summed E-state index contributed by atoms with van der Waals surface area (Å²) in [6.45, 7) is 4.82. The second kappa shape index (κ2) is 5.55. The Kier molecular flexibility index (Phi) is 3.62. The van der Waals surface area contributed by atoms with Gasteiger partial charge in [-0.1, -0.05) is 25.1 Å². The molecule has 3 rings (SSSR count). The molecule has 0 saturated heterocycles. The molecule has 0 atom stereocenters. The number of hydrogen-bond acceptors (Lipinski definition) is 3. The maximum atomic E-state index is 4.43. The maximum absolute atomic E-state index is 4.43. The van der Waals surface area contributed by atoms with Gasteiger partial charge in [-0.05, 0) is 35.0 Å². The molecule has 0 spiro atoms. The summed E-state index contributed by atoms with van der Waals surface area (Å²) in [5.74, 6) is 0. The van der Waals surface area contributed by atoms with Crippen molar-refractivity contribution in [1.29, 1.82) is 0 Å². The Labute approximate surface area is 116 Å². The van der Waals surface area contributed by atoms with Crippen LogP contribution in [-0.2, 0) is 13.1 Å². The molecular formula is C15H17N3S. The number of rotatable bonds is 5. The molecule has 98 valence electrons. The Morgan fingerprint density at radius 3 is 3.05 bits per heavy atom. The fourth-order valence-corrected chi connectivity index (χ4v) is 3.18. The molecule has 0 aliphatic carbocycles. The van der Waals surface area contributed by atoms with E-state index in [1.165, 1.54) is 21.3 Å². The van der Waals surface area contributed by atoms with Crippen LogP contribution in [0.4, 0.5) is 0 Å². The van der Waals surface area contributed by atoms with Gasteiger partial charge in [0.25, 0.3) is 0 Å². The summed E-state index contributed by atoms with van der Waals surface area (Å²) in [5, 5.41) is 11.4. The summed E-state index contributed by atoms with van der Waals surface area (Å²) < 4.78 is 3.43. The molecule has 0 fully saturated rings. The molecule has 0 aliphatic heterocycles. The summed E-state index contributed by atoms with van der Waals surface area (Å²) in [6.07, 6.45) is 1.88. The quantitative estimate of drug-likeness (QED) is 0.772. The first-order chi connectivity index (χ1) is 9.38. The lowest BCUT2D eigenvalue weighted by Crippen LogP contribution is -2.16. The van der Waals surface area contributed by atoms with Gasteiger partial charge in [0.15, 0.2) is 0 Å². The van der Waals surface area contributed by atoms with Crippen LogP contribution in [-0.4, -0.2) is 16.3 Å². The van der Waals surface area contributed by atoms with Crippen molar-refractivity contribution in [2.75, 3.05) is 6.54 Å². The van der Waals surface area contributed by atoms with Crippen molar-refractivity contribution in [3.63, 3.8) is 0 Å². The molecule has 2 heterocycles. The molecule has 1 N–H and O–H groups in total. The number of thiophene rings is 1. The first-order valence-electron chi connectivity index (χ1n) is 6.55. The Morgan fingerprint density at radius 2 is 2.16 bits per heavy atom. The summed E-state index contributed by atoms with van der Waals surface area (Å²) in [7, 11) is 0. The molecule has 1 aromatic carbocycles. The molecular weight excluding hydrogens is 254 g/mol. The van der Waals surface area contributed by atoms with E-state index in [0.29, 0.717) is 0 Å². The summed E-state index contributed by atoms with van der Waals surface area (Å²) in [5.41, 5.74) is 2.58. The molecule has 3 nitrogen and oxygen atoms in total. The molecule has 2 aromatic heterocycles. The van der Waals surface area contributed by atoms with Crippen molar-refractivity contribution in [2.45, 2.75) is 20.0 Å². The number of aromatic nitrogens is 2. The fraction of sp³-hybridized carbons (Fsp3) is 0.267. The molecule has 0 aliphatic rings. The zero-order chi connectivity index (χ0) is 13.1. The highest BCUT2D eigenvalue weighted by Gasteiger charge is 2.07. The van der Waals surface area contributed by atoms with Gasteiger partial charge in [0.1, 0.15) is 0 Å². The molecule has 4 heteroatoms. The monoisotopic (exact) mass is 271 g/mol. The van der Waals surface area contributed by atoms with Gasteiger partial charge in [-0.25, -0.2) is 0 Å². The highest BCUT2D eigenvalue weighted by atomic mass is 32.1. The normalized spacial score (nSPS) is 11.2. The van der Waals surface area contributed by atoms with E-state index in [4.69, 9.17) is 0 Å². The van der Waals surface area contributed by atoms with Crippen molar-refractivity contribution in [1.82, 2.24) is 15.1 Å². The van der Waals surface area contributed by atoms with E-state index < -0.39 is 0 Å². The summed E-state index contributed by atoms with van der Waals surface area (Å²) in [6, 6.07) is 10.6. The topological polar surface area (TPSA) is 29.9 Å². The molecule has 0 unspecified atom stereocenters. The van der Waals surface area contributed by atoms with Crippen LogP contribution in [0.5, 0.6) is 0 Å². The minimum atomic E-state index is 0.845. The fourth-order valence-electron chi connectivity index (χ4n) is 2.22. The Bertz CT molecular complexity index is 669. The van der Waals surface area contributed by atoms with Gasteiger partial charge in [-0.15, -0.1) is 11.3 Å². The van der Waals surface area contributed by atoms with Gasteiger partial charge in [0, 0.05) is 17.4 Å². The van der Waals surface area contributed by atoms with Crippen LogP contribution < -0.4 is 5.32 Å². The van der Waals surface area contributed by atoms with E-state index in [1.807, 2.05) is 6.20 Å². The lowest BCUT2D eigenvalue weighted by Gasteiger charge is -2.07. The molecule has 0 saturated carbocycles. The standard InChI is InChI=1S/C15H17N3S/c1-2-16-9-13-7-8-17-18(13)10-12-11-19-15-6-4-3-5-14(12)15/h3-8,11,16H,2,9-10H2,1H3. The van der Waals surface area contributed by atoms with E-state index >= 15 is 0 Å². The highest BCUT2D eigenvalue weighted by Crippen LogP contribution is 2.26. The van der Waals surface area contributed by atoms with Crippen LogP contribution in [0.25, 0.3) is 10.1 Å². The Hall–Kier alpha value is -1.65. The lowest BCUT2D eigenvalue weighted by molar-refractivity contribution is 0.608. The average molecular weight is 271 g/mol. The van der Waals surface area contributed by atoms with E-state index in [1.54, 1.807) is 11.3 Å². The van der Waals surface area contributed by atoms with Gasteiger partial charge in [0.2, 0.25) is 0 Å². The zero-order valence-corrected chi connectivity index (χ0v) is 11.8. The minimum absolute atomic E-state index is 0.845.